The van der Waals surface area contributed by atoms with Gasteiger partial charge in [-0.25, -0.2) is 14.3 Å². The number of carbonyl (C=O) groups is 5. The minimum Gasteiger partial charge on any atom is -0.481 e. The van der Waals surface area contributed by atoms with Gasteiger partial charge in [0.15, 0.2) is 5.69 Å². The van der Waals surface area contributed by atoms with E-state index in [1.807, 2.05) is 0 Å². The lowest BCUT2D eigenvalue weighted by molar-refractivity contribution is -0.384. The number of carbonyl (C=O) groups excluding carboxylic acids is 4. The first kappa shape index (κ1) is 34.6. The summed E-state index contributed by atoms with van der Waals surface area (Å²) in [5.41, 5.74) is -1.70. The lowest BCUT2D eigenvalue weighted by Crippen LogP contribution is -2.55. The van der Waals surface area contributed by atoms with Crippen LogP contribution in [0.15, 0.2) is 30.3 Å². The predicted molar refractivity (Wildman–Crippen MR) is 158 cm³/mol. The minimum atomic E-state index is -1.35. The van der Waals surface area contributed by atoms with Crippen LogP contribution in [-0.2, 0) is 28.7 Å². The van der Waals surface area contributed by atoms with Gasteiger partial charge in [0.2, 0.25) is 17.4 Å². The molecule has 18 nitrogen and oxygen atoms in total. The number of nitro groups is 1. The van der Waals surface area contributed by atoms with Crippen molar-refractivity contribution in [1.82, 2.24) is 25.1 Å². The van der Waals surface area contributed by atoms with E-state index in [1.165, 1.54) is 40.3 Å². The summed E-state index contributed by atoms with van der Waals surface area (Å²) in [5, 5.41) is 28.9. The number of carboxylic acid groups (broad SMARTS) is 1. The van der Waals surface area contributed by atoms with Crippen LogP contribution in [0.3, 0.4) is 0 Å². The largest absolute Gasteiger partial charge is 0.527 e. The quantitative estimate of drug-likeness (QED) is 0.168. The van der Waals surface area contributed by atoms with Gasteiger partial charge in [0, 0.05) is 37.7 Å². The molecular formula is C29H36N6O12. The molecule has 1 aromatic heterocycles. The summed E-state index contributed by atoms with van der Waals surface area (Å²) in [7, 11) is 0. The first-order chi connectivity index (χ1) is 22.5. The zero-order valence-corrected chi connectivity index (χ0v) is 25.9. The van der Waals surface area contributed by atoms with Gasteiger partial charge in [-0.1, -0.05) is 6.07 Å². The average molecular weight is 661 g/mol. The number of ether oxygens (including phenoxy) is 3. The number of hydrogen-bond acceptors (Lipinski definition) is 13. The molecule has 2 aromatic rings. The van der Waals surface area contributed by atoms with E-state index in [0.29, 0.717) is 19.3 Å². The van der Waals surface area contributed by atoms with Gasteiger partial charge >= 0.3 is 18.1 Å². The van der Waals surface area contributed by atoms with Crippen LogP contribution in [0.2, 0.25) is 0 Å². The van der Waals surface area contributed by atoms with Gasteiger partial charge < -0.3 is 34.4 Å². The summed E-state index contributed by atoms with van der Waals surface area (Å²) in [6.07, 6.45) is -0.207. The number of carboxylic acids is 1. The molecule has 2 amide bonds. The number of nitrogens with one attached hydrogen (secondary N) is 1. The van der Waals surface area contributed by atoms with E-state index in [4.69, 9.17) is 19.0 Å². The maximum Gasteiger partial charge on any atom is 0.527 e. The molecule has 4 rings (SSSR count). The fraction of sp³-hybridized carbons (Fsp3) is 0.517. The number of aliphatic carboxylic acids is 1. The molecule has 0 radical (unpaired) electrons. The van der Waals surface area contributed by atoms with Gasteiger partial charge in [0.25, 0.3) is 11.6 Å². The third-order valence-corrected chi connectivity index (χ3v) is 7.57. The van der Waals surface area contributed by atoms with E-state index < -0.39 is 52.9 Å². The highest BCUT2D eigenvalue weighted by atomic mass is 16.8. The first-order valence-electron chi connectivity index (χ1n) is 15.1. The number of nitro benzene ring substituents is 1. The van der Waals surface area contributed by atoms with Crippen molar-refractivity contribution >= 4 is 35.6 Å². The molecule has 0 unspecified atom stereocenters. The van der Waals surface area contributed by atoms with Crippen LogP contribution in [0, 0.1) is 10.1 Å². The molecule has 1 atom stereocenters. The van der Waals surface area contributed by atoms with E-state index in [2.05, 4.69) is 10.4 Å². The van der Waals surface area contributed by atoms with E-state index in [1.54, 1.807) is 13.8 Å². The Morgan fingerprint density at radius 3 is 2.36 bits per heavy atom. The highest BCUT2D eigenvalue weighted by Gasteiger charge is 2.49. The molecule has 1 saturated carbocycles. The second-order valence-corrected chi connectivity index (χ2v) is 10.7. The molecule has 254 valence electrons. The zero-order valence-electron chi connectivity index (χ0n) is 25.9. The maximum atomic E-state index is 13.5. The SMILES string of the molecule is CCOC(=O)ON1CCN(C(=O)[C@H](CCC(=O)O)NC(=O)c2cc(OC3(C(=O)OCC)CCC3)n(-c3cccc([N+](=O)[O-])c3)n2)CC1. The second kappa shape index (κ2) is 15.4. The number of hydroxylamine groups is 2. The Morgan fingerprint density at radius 2 is 1.77 bits per heavy atom. The lowest BCUT2D eigenvalue weighted by Gasteiger charge is -2.38. The van der Waals surface area contributed by atoms with Gasteiger partial charge in [-0.3, -0.25) is 24.5 Å². The van der Waals surface area contributed by atoms with Crippen molar-refractivity contribution in [3.8, 4) is 11.6 Å². The molecule has 2 N–H and O–H groups in total. The summed E-state index contributed by atoms with van der Waals surface area (Å²) in [5.74, 6) is -3.27. The lowest BCUT2D eigenvalue weighted by atomic mass is 9.80. The Balaban J connectivity index is 1.58. The summed E-state index contributed by atoms with van der Waals surface area (Å²) in [4.78, 5) is 80.2. The van der Waals surface area contributed by atoms with Crippen molar-refractivity contribution in [2.45, 2.75) is 57.6 Å². The van der Waals surface area contributed by atoms with E-state index in [-0.39, 0.29) is 68.8 Å². The highest BCUT2D eigenvalue weighted by molar-refractivity contribution is 5.96. The van der Waals surface area contributed by atoms with E-state index in [0.717, 1.165) is 4.68 Å². The number of hydrogen-bond donors (Lipinski definition) is 2. The van der Waals surface area contributed by atoms with Crippen LogP contribution in [0.25, 0.3) is 5.69 Å². The van der Waals surface area contributed by atoms with Crippen LogP contribution in [0.4, 0.5) is 10.5 Å². The van der Waals surface area contributed by atoms with Crippen molar-refractivity contribution in [2.24, 2.45) is 0 Å². The number of esters is 1. The molecular weight excluding hydrogens is 624 g/mol. The molecule has 0 spiro atoms. The fourth-order valence-electron chi connectivity index (χ4n) is 5.01. The van der Waals surface area contributed by atoms with Crippen molar-refractivity contribution in [3.63, 3.8) is 0 Å². The Kier molecular flexibility index (Phi) is 11.3. The van der Waals surface area contributed by atoms with E-state index >= 15 is 0 Å². The Bertz CT molecular complexity index is 1500. The summed E-state index contributed by atoms with van der Waals surface area (Å²) < 4.78 is 17.2. The standard InChI is InChI=1S/C29H36N6O12/c1-3-44-27(40)29(11-6-12-29)46-23-18-22(31-34(23)19-7-5-8-20(17-19)35(42)43)25(38)30-21(9-10-24(36)37)26(39)32-13-15-33(16-14-32)47-28(41)45-4-2/h5,7-8,17-18,21H,3-4,6,9-16H2,1-2H3,(H,30,38)(H,36,37)/t21-/m0/s1. The van der Waals surface area contributed by atoms with Gasteiger partial charge in [-0.15, -0.1) is 5.06 Å². The van der Waals surface area contributed by atoms with Gasteiger partial charge in [0.1, 0.15) is 6.04 Å². The summed E-state index contributed by atoms with van der Waals surface area (Å²) in [6, 6.07) is 5.37. The number of aromatic nitrogens is 2. The third-order valence-electron chi connectivity index (χ3n) is 7.57. The molecule has 1 saturated heterocycles. The number of rotatable bonds is 14. The van der Waals surface area contributed by atoms with Crippen LogP contribution in [0.1, 0.15) is 56.4 Å². The molecule has 18 heteroatoms. The first-order valence-corrected chi connectivity index (χ1v) is 15.1. The number of non-ortho nitro benzene ring substituents is 1. The summed E-state index contributed by atoms with van der Waals surface area (Å²) >= 11 is 0. The normalized spacial score (nSPS) is 16.3. The Labute approximate surface area is 268 Å². The minimum absolute atomic E-state index is 0.0745. The van der Waals surface area contributed by atoms with Crippen molar-refractivity contribution in [2.75, 3.05) is 39.4 Å². The summed E-state index contributed by atoms with van der Waals surface area (Å²) in [6.45, 7) is 4.07. The van der Waals surface area contributed by atoms with Gasteiger partial charge in [0.05, 0.1) is 36.9 Å². The molecule has 2 fully saturated rings. The molecule has 1 aliphatic heterocycles. The Hall–Kier alpha value is -5.26. The van der Waals surface area contributed by atoms with Crippen molar-refractivity contribution in [3.05, 3.63) is 46.1 Å². The topological polar surface area (TPSA) is 222 Å². The maximum absolute atomic E-state index is 13.5. The monoisotopic (exact) mass is 660 g/mol. The Morgan fingerprint density at radius 1 is 1.06 bits per heavy atom. The average Bonchev–Trinajstić information content (AvgIpc) is 3.45. The smallest absolute Gasteiger partial charge is 0.481 e. The molecule has 2 heterocycles. The predicted octanol–water partition coefficient (Wildman–Crippen LogP) is 1.84. The molecule has 47 heavy (non-hydrogen) atoms. The van der Waals surface area contributed by atoms with Gasteiger partial charge in [-0.05, 0) is 45.6 Å². The number of nitrogens with zero attached hydrogens (tertiary/aromatic N) is 5. The van der Waals surface area contributed by atoms with Crippen molar-refractivity contribution in [1.29, 1.82) is 0 Å². The number of piperazine rings is 1. The van der Waals surface area contributed by atoms with Crippen LogP contribution in [-0.4, -0.2) is 111 Å². The molecule has 0 bridgehead atoms. The van der Waals surface area contributed by atoms with Crippen LogP contribution in [0.5, 0.6) is 5.88 Å². The van der Waals surface area contributed by atoms with Crippen LogP contribution >= 0.6 is 0 Å². The fourth-order valence-corrected chi connectivity index (χ4v) is 5.01. The van der Waals surface area contributed by atoms with Gasteiger partial charge in [-0.2, -0.15) is 5.10 Å². The number of benzene rings is 1. The molecule has 1 aliphatic carbocycles. The molecule has 1 aromatic carbocycles. The van der Waals surface area contributed by atoms with Crippen molar-refractivity contribution < 1.29 is 53.1 Å². The highest BCUT2D eigenvalue weighted by Crippen LogP contribution is 2.39. The molecule has 2 aliphatic rings. The second-order valence-electron chi connectivity index (χ2n) is 10.7. The van der Waals surface area contributed by atoms with Crippen LogP contribution < -0.4 is 10.1 Å². The van der Waals surface area contributed by atoms with E-state index in [9.17, 15) is 39.2 Å². The number of amides is 2. The zero-order chi connectivity index (χ0) is 34.1. The third kappa shape index (κ3) is 8.51.